The number of H-pyrrole nitrogens is 1. The normalized spacial score (nSPS) is 21.1. The minimum absolute atomic E-state index is 0.00513. The Morgan fingerprint density at radius 2 is 2.00 bits per heavy atom. The van der Waals surface area contributed by atoms with E-state index in [9.17, 15) is 27.6 Å². The monoisotopic (exact) mass is 523 g/mol. The van der Waals surface area contributed by atoms with Crippen LogP contribution in [0.4, 0.5) is 18.9 Å². The molecule has 5 rings (SSSR count). The molecule has 12 heteroatoms. The lowest BCUT2D eigenvalue weighted by Crippen LogP contribution is -2.51. The van der Waals surface area contributed by atoms with Crippen molar-refractivity contribution in [2.45, 2.75) is 36.6 Å². The van der Waals surface area contributed by atoms with Gasteiger partial charge in [-0.2, -0.15) is 13.2 Å². The van der Waals surface area contributed by atoms with Crippen LogP contribution in [0.25, 0.3) is 4.85 Å². The molecule has 1 spiro atoms. The Kier molecular flexibility index (Phi) is 6.14. The Bertz CT molecular complexity index is 1450. The number of anilines is 1. The number of carbonyl (C=O) groups is 3. The van der Waals surface area contributed by atoms with Crippen LogP contribution in [-0.4, -0.2) is 51.3 Å². The molecule has 0 aliphatic carbocycles. The first-order valence-electron chi connectivity index (χ1n) is 11.7. The standard InChI is InChI=1S/C26H21F3N6O3/c1-30-21-12-25(16-6-2-3-7-17(16)34-24(25)38)14-35(21)23(37)19(11-15-5-4-10-31-13-15)33-22(36)18-8-9-20(32-18)26(27,28)29/h1-10,13,19,21H,11-12,14H2,(H2-,32,33,34,36,38)/p+1/t19-,21-,25-/m0/s1. The fourth-order valence-electron chi connectivity index (χ4n) is 5.06. The molecule has 3 amide bonds. The van der Waals surface area contributed by atoms with Crippen LogP contribution in [0.1, 0.15) is 33.7 Å². The molecule has 2 aromatic heterocycles. The van der Waals surface area contributed by atoms with Gasteiger partial charge in [0.25, 0.3) is 18.4 Å². The van der Waals surface area contributed by atoms with E-state index in [1.165, 1.54) is 11.1 Å². The maximum Gasteiger partial charge on any atom is 0.431 e. The Balaban J connectivity index is 1.44. The van der Waals surface area contributed by atoms with E-state index < -0.39 is 41.3 Å². The SMILES string of the molecule is C#[N+][C@@H]1C[C@@]2(CN1C(=O)[C@H](Cc1cccnc1)NC(=O)c1ccc(C(F)(F)F)[nH]1)C(=O)Nc1ccccc12. The summed E-state index contributed by atoms with van der Waals surface area (Å²) in [5.74, 6) is -1.78. The van der Waals surface area contributed by atoms with Gasteiger partial charge in [0.1, 0.15) is 22.8 Å². The largest absolute Gasteiger partial charge is 0.431 e. The van der Waals surface area contributed by atoms with Crippen molar-refractivity contribution in [1.82, 2.24) is 20.2 Å². The molecule has 0 bridgehead atoms. The molecule has 3 N–H and O–H groups in total. The first-order valence-corrected chi connectivity index (χ1v) is 11.7. The minimum atomic E-state index is -4.67. The average Bonchev–Trinajstić information content (AvgIpc) is 3.61. The number of amides is 3. The molecule has 2 aliphatic heterocycles. The number of halogens is 3. The van der Waals surface area contributed by atoms with Gasteiger partial charge in [-0.25, -0.2) is 0 Å². The molecular formula is C26H22F3N6O3+. The number of nitrogens with zero attached hydrogens (tertiary/aromatic N) is 3. The summed E-state index contributed by atoms with van der Waals surface area (Å²) in [5.41, 5.74) is -0.574. The van der Waals surface area contributed by atoms with Gasteiger partial charge in [-0.1, -0.05) is 29.1 Å². The number of likely N-dealkylation sites (tertiary alicyclic amines) is 1. The topological polar surface area (TPSA) is 112 Å². The van der Waals surface area contributed by atoms with Crippen molar-refractivity contribution in [2.24, 2.45) is 0 Å². The first kappa shape index (κ1) is 25.0. The van der Waals surface area contributed by atoms with Crippen molar-refractivity contribution in [3.63, 3.8) is 0 Å². The van der Waals surface area contributed by atoms with Crippen LogP contribution in [-0.2, 0) is 27.6 Å². The fourth-order valence-corrected chi connectivity index (χ4v) is 5.06. The molecule has 194 valence electrons. The van der Waals surface area contributed by atoms with Crippen molar-refractivity contribution >= 4 is 23.4 Å². The number of fused-ring (bicyclic) bond motifs is 2. The van der Waals surface area contributed by atoms with Gasteiger partial charge in [-0.3, -0.25) is 24.3 Å². The van der Waals surface area contributed by atoms with E-state index in [1.54, 1.807) is 42.6 Å². The molecule has 38 heavy (non-hydrogen) atoms. The molecule has 4 heterocycles. The second-order valence-corrected chi connectivity index (χ2v) is 9.26. The number of aromatic nitrogens is 2. The van der Waals surface area contributed by atoms with Gasteiger partial charge in [0, 0.05) is 31.0 Å². The van der Waals surface area contributed by atoms with Crippen LogP contribution >= 0.6 is 0 Å². The van der Waals surface area contributed by atoms with E-state index in [0.717, 1.165) is 12.1 Å². The first-order chi connectivity index (χ1) is 18.1. The molecule has 1 aromatic carbocycles. The third kappa shape index (κ3) is 4.36. The molecule has 2 aliphatic rings. The number of hydrogen-bond acceptors (Lipinski definition) is 4. The summed E-state index contributed by atoms with van der Waals surface area (Å²) in [6, 6.07) is 11.0. The summed E-state index contributed by atoms with van der Waals surface area (Å²) in [6.07, 6.45) is -2.34. The molecule has 9 nitrogen and oxygen atoms in total. The van der Waals surface area contributed by atoms with Gasteiger partial charge >= 0.3 is 12.3 Å². The van der Waals surface area contributed by atoms with Crippen LogP contribution < -0.4 is 10.6 Å². The number of rotatable bonds is 5. The second kappa shape index (κ2) is 9.33. The summed E-state index contributed by atoms with van der Waals surface area (Å²) in [6.45, 7) is 5.62. The number of pyridine rings is 1. The number of carbonyl (C=O) groups excluding carboxylic acids is 3. The molecule has 0 unspecified atom stereocenters. The number of aromatic amines is 1. The van der Waals surface area contributed by atoms with E-state index in [1.807, 2.05) is 4.98 Å². The molecular weight excluding hydrogens is 501 g/mol. The Hall–Kier alpha value is -4.66. The van der Waals surface area contributed by atoms with Gasteiger partial charge < -0.3 is 15.6 Å². The van der Waals surface area contributed by atoms with Gasteiger partial charge in [0.15, 0.2) is 0 Å². The summed E-state index contributed by atoms with van der Waals surface area (Å²) in [4.78, 5) is 51.1. The Morgan fingerprint density at radius 3 is 2.68 bits per heavy atom. The molecule has 0 saturated carbocycles. The average molecular weight is 523 g/mol. The number of nitrogens with one attached hydrogen (secondary N) is 3. The zero-order valence-electron chi connectivity index (χ0n) is 19.8. The van der Waals surface area contributed by atoms with E-state index >= 15 is 0 Å². The lowest BCUT2D eigenvalue weighted by atomic mass is 9.80. The third-order valence-corrected chi connectivity index (χ3v) is 6.91. The molecule has 1 fully saturated rings. The molecule has 0 radical (unpaired) electrons. The maximum atomic E-state index is 13.9. The predicted molar refractivity (Wildman–Crippen MR) is 130 cm³/mol. The molecule has 3 atom stereocenters. The number of para-hydroxylation sites is 1. The highest BCUT2D eigenvalue weighted by Gasteiger charge is 2.60. The highest BCUT2D eigenvalue weighted by molar-refractivity contribution is 6.07. The van der Waals surface area contributed by atoms with Crippen molar-refractivity contribution < 1.29 is 27.6 Å². The maximum absolute atomic E-state index is 13.9. The van der Waals surface area contributed by atoms with Crippen LogP contribution in [0.2, 0.25) is 0 Å². The minimum Gasteiger partial charge on any atom is -0.347 e. The lowest BCUT2D eigenvalue weighted by molar-refractivity contribution is -0.141. The number of benzene rings is 1. The Labute approximate surface area is 214 Å². The molecule has 3 aromatic rings. The van der Waals surface area contributed by atoms with E-state index in [0.29, 0.717) is 16.8 Å². The van der Waals surface area contributed by atoms with Crippen molar-refractivity contribution in [3.8, 4) is 6.57 Å². The summed E-state index contributed by atoms with van der Waals surface area (Å²) in [7, 11) is 0. The zero-order valence-corrected chi connectivity index (χ0v) is 19.8. The molecule has 1 saturated heterocycles. The number of alkyl halides is 3. The van der Waals surface area contributed by atoms with Crippen LogP contribution in [0.3, 0.4) is 0 Å². The number of hydrogen-bond donors (Lipinski definition) is 3. The Morgan fingerprint density at radius 1 is 1.21 bits per heavy atom. The zero-order chi connectivity index (χ0) is 27.1. The van der Waals surface area contributed by atoms with Crippen molar-refractivity contribution in [2.75, 3.05) is 11.9 Å². The van der Waals surface area contributed by atoms with Gasteiger partial charge in [0.2, 0.25) is 5.91 Å². The summed E-state index contributed by atoms with van der Waals surface area (Å²) >= 11 is 0. The van der Waals surface area contributed by atoms with E-state index in [-0.39, 0.29) is 31.0 Å². The van der Waals surface area contributed by atoms with Crippen LogP contribution in [0.5, 0.6) is 0 Å². The third-order valence-electron chi connectivity index (χ3n) is 6.91. The van der Waals surface area contributed by atoms with Gasteiger partial charge in [0.05, 0.1) is 6.42 Å². The summed E-state index contributed by atoms with van der Waals surface area (Å²) < 4.78 is 39.1. The van der Waals surface area contributed by atoms with Crippen LogP contribution in [0, 0.1) is 6.57 Å². The van der Waals surface area contributed by atoms with Crippen LogP contribution in [0.15, 0.2) is 60.9 Å². The van der Waals surface area contributed by atoms with Crippen molar-refractivity contribution in [3.05, 3.63) is 88.3 Å². The van der Waals surface area contributed by atoms with E-state index in [2.05, 4.69) is 20.5 Å². The fraction of sp³-hybridized carbons (Fsp3) is 0.269. The van der Waals surface area contributed by atoms with Gasteiger partial charge in [-0.05, 0) is 35.4 Å². The highest BCUT2D eigenvalue weighted by atomic mass is 19.4. The lowest BCUT2D eigenvalue weighted by Gasteiger charge is -2.25. The second-order valence-electron chi connectivity index (χ2n) is 9.26. The smallest absolute Gasteiger partial charge is 0.347 e. The highest BCUT2D eigenvalue weighted by Crippen LogP contribution is 2.46. The summed E-state index contributed by atoms with van der Waals surface area (Å²) in [5, 5.41) is 5.38. The van der Waals surface area contributed by atoms with Gasteiger partial charge in [-0.15, -0.1) is 0 Å². The predicted octanol–water partition coefficient (Wildman–Crippen LogP) is 3.18. The quantitative estimate of drug-likeness (QED) is 0.477. The van der Waals surface area contributed by atoms with Crippen molar-refractivity contribution in [1.29, 1.82) is 0 Å². The van der Waals surface area contributed by atoms with E-state index in [4.69, 9.17) is 6.57 Å².